The van der Waals surface area contributed by atoms with Gasteiger partial charge in [0.15, 0.2) is 0 Å². The summed E-state index contributed by atoms with van der Waals surface area (Å²) in [6.45, 7) is 27.5. The molecule has 0 fully saturated rings. The summed E-state index contributed by atoms with van der Waals surface area (Å²) in [4.78, 5) is 23.9. The number of hydrogen-bond acceptors (Lipinski definition) is 7. The maximum Gasteiger partial charge on any atom is 0.408 e. The van der Waals surface area contributed by atoms with Crippen LogP contribution in [-0.2, 0) is 19.5 Å². The van der Waals surface area contributed by atoms with Crippen LogP contribution in [0.15, 0.2) is 36.4 Å². The Labute approximate surface area is 303 Å². The molecule has 276 valence electrons. The molecular formula is C37H58N4O6SSi2. The van der Waals surface area contributed by atoms with E-state index in [9.17, 15) is 18.0 Å². The number of hydrogen-bond donors (Lipinski definition) is 4. The number of benzene rings is 2. The first-order chi connectivity index (χ1) is 22.4. The molecule has 0 saturated heterocycles. The molecule has 0 aliphatic heterocycles. The molecule has 2 rings (SSSR count). The zero-order valence-electron chi connectivity index (χ0n) is 32.6. The second kappa shape index (κ2) is 17.3. The Balaban J connectivity index is 0.000000506. The summed E-state index contributed by atoms with van der Waals surface area (Å²) in [6, 6.07) is 10.4. The third-order valence-electron chi connectivity index (χ3n) is 6.03. The molecule has 0 aliphatic carbocycles. The molecule has 0 saturated carbocycles. The molecule has 2 amide bonds. The second-order valence-electron chi connectivity index (χ2n) is 16.3. The Hall–Kier alpha value is -3.92. The van der Waals surface area contributed by atoms with Gasteiger partial charge in [0.2, 0.25) is 10.0 Å². The van der Waals surface area contributed by atoms with E-state index in [1.54, 1.807) is 39.0 Å². The van der Waals surface area contributed by atoms with E-state index in [2.05, 4.69) is 77.6 Å². The summed E-state index contributed by atoms with van der Waals surface area (Å²) < 4.78 is 36.3. The lowest BCUT2D eigenvalue weighted by atomic mass is 10.0. The first kappa shape index (κ1) is 44.1. The van der Waals surface area contributed by atoms with Crippen LogP contribution in [0.25, 0.3) is 0 Å². The lowest BCUT2D eigenvalue weighted by Crippen LogP contribution is -2.34. The van der Waals surface area contributed by atoms with Gasteiger partial charge in [0.25, 0.3) is 0 Å². The van der Waals surface area contributed by atoms with Crippen LogP contribution in [-0.4, -0.2) is 54.2 Å². The summed E-state index contributed by atoms with van der Waals surface area (Å²) >= 11 is 0. The molecule has 50 heavy (non-hydrogen) atoms. The number of anilines is 2. The number of alkyl carbamates (subject to hydrolysis) is 2. The van der Waals surface area contributed by atoms with Gasteiger partial charge in [-0.05, 0) is 90.8 Å². The number of amides is 2. The smallest absolute Gasteiger partial charge is 0.408 e. The highest BCUT2D eigenvalue weighted by molar-refractivity contribution is 7.92. The number of nitrogens with one attached hydrogen (secondary N) is 3. The zero-order valence-corrected chi connectivity index (χ0v) is 35.4. The molecule has 2 aromatic carbocycles. The quantitative estimate of drug-likeness (QED) is 0.133. The molecule has 13 heteroatoms. The lowest BCUT2D eigenvalue weighted by molar-refractivity contribution is 0.0496. The largest absolute Gasteiger partial charge is 0.444 e. The number of nitrogen functional groups attached to an aromatic ring is 1. The average Bonchev–Trinajstić information content (AvgIpc) is 2.88. The van der Waals surface area contributed by atoms with E-state index in [1.165, 1.54) is 0 Å². The van der Waals surface area contributed by atoms with Crippen molar-refractivity contribution in [1.29, 1.82) is 0 Å². The van der Waals surface area contributed by atoms with E-state index in [0.717, 1.165) is 22.9 Å². The predicted molar refractivity (Wildman–Crippen MR) is 212 cm³/mol. The topological polar surface area (TPSA) is 149 Å². The minimum Gasteiger partial charge on any atom is -0.444 e. The van der Waals surface area contributed by atoms with Gasteiger partial charge < -0.3 is 25.8 Å². The van der Waals surface area contributed by atoms with Crippen molar-refractivity contribution in [2.75, 3.05) is 16.7 Å². The van der Waals surface area contributed by atoms with Crippen LogP contribution in [0.1, 0.15) is 89.7 Å². The SMILES string of the molecule is C[C@@H](NC(=O)OC(C)(C)C)c1ccc(N)c(C#C[Si](C)(C)C)c1.C[C@@H](NC(=O)OC(C)(C)C)c1ccc(NS(C)(=O)=O)c(C#C[Si](C)(C)C)c1. The second-order valence-corrected chi connectivity index (χ2v) is 27.5. The number of carbonyl (C=O) groups excluding carboxylic acids is 2. The van der Waals surface area contributed by atoms with E-state index >= 15 is 0 Å². The van der Waals surface area contributed by atoms with Crippen LogP contribution in [0, 0.1) is 22.9 Å². The molecule has 0 bridgehead atoms. The Kier molecular flexibility index (Phi) is 15.3. The Morgan fingerprint density at radius 2 is 1.10 bits per heavy atom. The van der Waals surface area contributed by atoms with Gasteiger partial charge in [-0.25, -0.2) is 18.0 Å². The molecular weight excluding hydrogens is 685 g/mol. The van der Waals surface area contributed by atoms with E-state index in [-0.39, 0.29) is 12.1 Å². The Morgan fingerprint density at radius 3 is 1.48 bits per heavy atom. The maximum absolute atomic E-state index is 12.0. The third-order valence-corrected chi connectivity index (χ3v) is 8.37. The summed E-state index contributed by atoms with van der Waals surface area (Å²) in [5.41, 5.74) is 15.7. The van der Waals surface area contributed by atoms with Crippen LogP contribution >= 0.6 is 0 Å². The first-order valence-corrected chi connectivity index (χ1v) is 25.4. The molecule has 2 aromatic rings. The van der Waals surface area contributed by atoms with Crippen molar-refractivity contribution in [3.8, 4) is 22.9 Å². The van der Waals surface area contributed by atoms with Crippen LogP contribution in [0.2, 0.25) is 39.3 Å². The van der Waals surface area contributed by atoms with E-state index in [1.807, 2.05) is 52.8 Å². The number of rotatable bonds is 6. The third kappa shape index (κ3) is 19.3. The van der Waals surface area contributed by atoms with Crippen molar-refractivity contribution in [1.82, 2.24) is 10.6 Å². The summed E-state index contributed by atoms with van der Waals surface area (Å²) in [6.07, 6.45) is 0.156. The van der Waals surface area contributed by atoms with E-state index in [0.29, 0.717) is 16.9 Å². The summed E-state index contributed by atoms with van der Waals surface area (Å²) in [5, 5.41) is 5.61. The van der Waals surface area contributed by atoms with Crippen LogP contribution in [0.3, 0.4) is 0 Å². The van der Waals surface area contributed by atoms with Gasteiger partial charge in [-0.1, -0.05) is 63.3 Å². The average molecular weight is 743 g/mol. The highest BCUT2D eigenvalue weighted by atomic mass is 32.2. The van der Waals surface area contributed by atoms with Gasteiger partial charge in [-0.15, -0.1) is 11.1 Å². The fourth-order valence-electron chi connectivity index (χ4n) is 3.82. The van der Waals surface area contributed by atoms with Gasteiger partial charge >= 0.3 is 12.2 Å². The zero-order chi connectivity index (χ0) is 38.9. The van der Waals surface area contributed by atoms with Crippen molar-refractivity contribution >= 4 is 49.7 Å². The summed E-state index contributed by atoms with van der Waals surface area (Å²) in [7, 11) is -6.54. The van der Waals surface area contributed by atoms with Gasteiger partial charge in [-0.3, -0.25) is 4.72 Å². The summed E-state index contributed by atoms with van der Waals surface area (Å²) in [5.74, 6) is 6.29. The van der Waals surface area contributed by atoms with Gasteiger partial charge in [0, 0.05) is 16.8 Å². The van der Waals surface area contributed by atoms with Crippen molar-refractivity contribution in [3.63, 3.8) is 0 Å². The predicted octanol–water partition coefficient (Wildman–Crippen LogP) is 7.96. The standard InChI is InChI=1S/C19H30N2O4SSi.C18H28N2O2Si/c1-14(20-18(22)25-19(2,3)4)15-9-10-17(21-26(5,23)24)16(13-15)11-12-27(6,7)8;1-13(20-17(21)22-18(2,3)4)14-8-9-16(19)15(12-14)10-11-23(5,6)7/h9-10,13-14,21H,1-8H3,(H,20,22);8-9,12-13H,19H2,1-7H3,(H,20,21)/t14-;13-/m11/s1. The molecule has 0 heterocycles. The van der Waals surface area contributed by atoms with Crippen LogP contribution < -0.4 is 21.1 Å². The van der Waals surface area contributed by atoms with Crippen molar-refractivity contribution in [2.24, 2.45) is 0 Å². The van der Waals surface area contributed by atoms with Gasteiger partial charge in [0.05, 0.1) is 24.0 Å². The monoisotopic (exact) mass is 742 g/mol. The molecule has 0 spiro atoms. The fourth-order valence-corrected chi connectivity index (χ4v) is 5.42. The molecule has 2 atom stereocenters. The van der Waals surface area contributed by atoms with E-state index < -0.39 is 49.6 Å². The van der Waals surface area contributed by atoms with E-state index in [4.69, 9.17) is 15.2 Å². The first-order valence-electron chi connectivity index (χ1n) is 16.5. The minimum atomic E-state index is -3.42. The molecule has 0 radical (unpaired) electrons. The van der Waals surface area contributed by atoms with Gasteiger partial charge in [0.1, 0.15) is 27.3 Å². The number of sulfonamides is 1. The molecule has 0 unspecified atom stereocenters. The van der Waals surface area contributed by atoms with Crippen LogP contribution in [0.5, 0.6) is 0 Å². The number of carbonyl (C=O) groups is 2. The minimum absolute atomic E-state index is 0.183. The lowest BCUT2D eigenvalue weighted by Gasteiger charge is -2.22. The Morgan fingerprint density at radius 1 is 0.720 bits per heavy atom. The van der Waals surface area contributed by atoms with Crippen molar-refractivity contribution in [2.45, 2.75) is 118 Å². The highest BCUT2D eigenvalue weighted by Gasteiger charge is 2.20. The number of nitrogens with two attached hydrogens (primary N) is 1. The maximum atomic E-state index is 12.0. The van der Waals surface area contributed by atoms with Crippen molar-refractivity contribution < 1.29 is 27.5 Å². The van der Waals surface area contributed by atoms with Crippen molar-refractivity contribution in [3.05, 3.63) is 58.7 Å². The molecule has 0 aliphatic rings. The normalized spacial score (nSPS) is 13.0. The fraction of sp³-hybridized carbons (Fsp3) is 0.514. The number of ether oxygens (including phenoxy) is 2. The van der Waals surface area contributed by atoms with Crippen LogP contribution in [0.4, 0.5) is 21.0 Å². The Bertz CT molecular complexity index is 1740. The molecule has 5 N–H and O–H groups in total. The van der Waals surface area contributed by atoms with Gasteiger partial charge in [-0.2, -0.15) is 0 Å². The highest BCUT2D eigenvalue weighted by Crippen LogP contribution is 2.23. The molecule has 10 nitrogen and oxygen atoms in total. The molecule has 0 aromatic heterocycles.